The van der Waals surface area contributed by atoms with Gasteiger partial charge in [0.1, 0.15) is 5.69 Å². The number of anilines is 1. The molecule has 2 aliphatic carbocycles. The summed E-state index contributed by atoms with van der Waals surface area (Å²) in [6.45, 7) is 9.98. The lowest BCUT2D eigenvalue weighted by molar-refractivity contribution is 0.0976. The zero-order chi connectivity index (χ0) is 27.5. The predicted molar refractivity (Wildman–Crippen MR) is 155 cm³/mol. The zero-order valence-electron chi connectivity index (χ0n) is 22.6. The number of aromatic nitrogens is 1. The van der Waals surface area contributed by atoms with Gasteiger partial charge in [0.05, 0.1) is 12.4 Å². The number of sulfonamides is 1. The highest BCUT2D eigenvalue weighted by molar-refractivity contribution is 7.90. The highest BCUT2D eigenvalue weighted by Crippen LogP contribution is 2.48. The van der Waals surface area contributed by atoms with E-state index >= 15 is 0 Å². The Morgan fingerprint density at radius 1 is 1.15 bits per heavy atom. The molecule has 0 aromatic carbocycles. The van der Waals surface area contributed by atoms with Crippen molar-refractivity contribution in [1.29, 1.82) is 0 Å². The third kappa shape index (κ3) is 5.91. The van der Waals surface area contributed by atoms with Crippen molar-refractivity contribution in [3.05, 3.63) is 78.6 Å². The van der Waals surface area contributed by atoms with Gasteiger partial charge in [-0.2, -0.15) is 0 Å². The molecule has 4 aliphatic rings. The summed E-state index contributed by atoms with van der Waals surface area (Å²) in [5, 5.41) is 0. The fraction of sp³-hybridized carbons (Fsp3) is 0.484. The quantitative estimate of drug-likeness (QED) is 0.396. The van der Waals surface area contributed by atoms with Crippen molar-refractivity contribution >= 4 is 21.7 Å². The number of ether oxygens (including phenoxy) is 1. The first kappa shape index (κ1) is 27.4. The van der Waals surface area contributed by atoms with E-state index in [0.29, 0.717) is 49.4 Å². The van der Waals surface area contributed by atoms with E-state index in [-0.39, 0.29) is 16.9 Å². The van der Waals surface area contributed by atoms with E-state index in [1.807, 2.05) is 12.2 Å². The van der Waals surface area contributed by atoms with Crippen LogP contribution in [0, 0.1) is 17.3 Å². The number of hydrogen-bond donors (Lipinski definition) is 1. The molecule has 1 fully saturated rings. The highest BCUT2D eigenvalue weighted by Gasteiger charge is 2.44. The average molecular weight is 550 g/mol. The number of hydrogen-bond acceptors (Lipinski definition) is 6. The molecular weight excluding hydrogens is 510 g/mol. The molecule has 1 amide bonds. The van der Waals surface area contributed by atoms with Crippen LogP contribution in [0.15, 0.2) is 72.9 Å². The number of rotatable bonds is 3. The minimum absolute atomic E-state index is 0.0803. The molecule has 208 valence electrons. The smallest absolute Gasteiger partial charge is 0.283 e. The van der Waals surface area contributed by atoms with Gasteiger partial charge >= 0.3 is 0 Å². The molecule has 0 saturated heterocycles. The van der Waals surface area contributed by atoms with Crippen LogP contribution >= 0.6 is 0 Å². The molecule has 1 N–H and O–H groups in total. The maximum Gasteiger partial charge on any atom is 0.283 e. The number of pyridine rings is 1. The topological polar surface area (TPSA) is 88.6 Å². The molecule has 5 rings (SSSR count). The van der Waals surface area contributed by atoms with E-state index in [0.717, 1.165) is 38.6 Å². The molecule has 2 bridgehead atoms. The summed E-state index contributed by atoms with van der Waals surface area (Å²) in [5.74, 6) is 1.53. The number of carbonyl (C=O) groups excluding carboxylic acids is 1. The molecule has 7 nitrogen and oxygen atoms in total. The lowest BCUT2D eigenvalue weighted by atomic mass is 9.68. The summed E-state index contributed by atoms with van der Waals surface area (Å²) in [6, 6.07) is 3.32. The monoisotopic (exact) mass is 549 g/mol. The number of amides is 1. The van der Waals surface area contributed by atoms with E-state index in [4.69, 9.17) is 9.72 Å². The second kappa shape index (κ2) is 11.5. The van der Waals surface area contributed by atoms with E-state index in [1.54, 1.807) is 18.2 Å². The summed E-state index contributed by atoms with van der Waals surface area (Å²) in [5.41, 5.74) is 2.26. The number of nitrogens with one attached hydrogen (secondary N) is 1. The van der Waals surface area contributed by atoms with Crippen LogP contribution in [0.3, 0.4) is 0 Å². The van der Waals surface area contributed by atoms with Crippen LogP contribution in [-0.2, 0) is 10.0 Å². The Morgan fingerprint density at radius 2 is 2.00 bits per heavy atom. The summed E-state index contributed by atoms with van der Waals surface area (Å²) in [7, 11) is -3.76. The van der Waals surface area contributed by atoms with Gasteiger partial charge in [-0.25, -0.2) is 18.1 Å². The fourth-order valence-electron chi connectivity index (χ4n) is 6.45. The highest BCUT2D eigenvalue weighted by atomic mass is 32.2. The predicted octanol–water partition coefficient (Wildman–Crippen LogP) is 5.50. The Labute approximate surface area is 232 Å². The Hall–Kier alpha value is -3.13. The third-order valence-electron chi connectivity index (χ3n) is 8.70. The van der Waals surface area contributed by atoms with E-state index in [1.165, 1.54) is 17.6 Å². The van der Waals surface area contributed by atoms with Crippen LogP contribution in [-0.4, -0.2) is 44.8 Å². The van der Waals surface area contributed by atoms with Crippen LogP contribution < -0.4 is 14.4 Å². The van der Waals surface area contributed by atoms with Crippen LogP contribution in [0.2, 0.25) is 0 Å². The molecule has 0 unspecified atom stereocenters. The van der Waals surface area contributed by atoms with Gasteiger partial charge in [0.25, 0.3) is 5.91 Å². The van der Waals surface area contributed by atoms with Gasteiger partial charge in [0.2, 0.25) is 10.0 Å². The largest absolute Gasteiger partial charge is 0.489 e. The Kier molecular flexibility index (Phi) is 8.12. The molecule has 1 aromatic rings. The molecule has 1 spiro atoms. The van der Waals surface area contributed by atoms with Crippen LogP contribution in [0.1, 0.15) is 61.9 Å². The molecule has 1 saturated carbocycles. The lowest BCUT2D eigenvalue weighted by Crippen LogP contribution is -2.46. The SMILES string of the molecule is C=C/C=C\C1=C(C=C)CCC[C@]12COc1ccc3nc1N(C[C@@H]1CC[C@H]1C/C=C/CCCS(=O)(=O)NC3=O)C2. The van der Waals surface area contributed by atoms with Gasteiger partial charge < -0.3 is 9.64 Å². The molecule has 0 radical (unpaired) electrons. The minimum atomic E-state index is -3.76. The Balaban J connectivity index is 1.57. The lowest BCUT2D eigenvalue weighted by Gasteiger charge is -2.44. The summed E-state index contributed by atoms with van der Waals surface area (Å²) in [6.07, 6.45) is 19.6. The fourth-order valence-corrected chi connectivity index (χ4v) is 7.49. The maximum atomic E-state index is 13.0. The van der Waals surface area contributed by atoms with Crippen molar-refractivity contribution < 1.29 is 17.9 Å². The van der Waals surface area contributed by atoms with Crippen LogP contribution in [0.5, 0.6) is 5.75 Å². The maximum absolute atomic E-state index is 13.0. The van der Waals surface area contributed by atoms with Gasteiger partial charge in [0, 0.05) is 18.5 Å². The minimum Gasteiger partial charge on any atom is -0.489 e. The zero-order valence-corrected chi connectivity index (χ0v) is 23.4. The van der Waals surface area contributed by atoms with Crippen LogP contribution in [0.4, 0.5) is 5.82 Å². The first-order valence-electron chi connectivity index (χ1n) is 14.1. The number of carbonyl (C=O) groups is 1. The van der Waals surface area contributed by atoms with Crippen molar-refractivity contribution in [1.82, 2.24) is 9.71 Å². The van der Waals surface area contributed by atoms with Crippen molar-refractivity contribution in [3.8, 4) is 5.75 Å². The van der Waals surface area contributed by atoms with Gasteiger partial charge in [-0.1, -0.05) is 49.6 Å². The second-order valence-electron chi connectivity index (χ2n) is 11.3. The molecule has 2 aliphatic heterocycles. The van der Waals surface area contributed by atoms with E-state index in [2.05, 4.69) is 41.0 Å². The van der Waals surface area contributed by atoms with Crippen molar-refractivity contribution in [3.63, 3.8) is 0 Å². The normalized spacial score (nSPS) is 29.9. The number of nitrogens with zero attached hydrogens (tertiary/aromatic N) is 2. The number of allylic oxidation sites excluding steroid dienone is 7. The summed E-state index contributed by atoms with van der Waals surface area (Å²) >= 11 is 0. The van der Waals surface area contributed by atoms with E-state index in [9.17, 15) is 13.2 Å². The summed E-state index contributed by atoms with van der Waals surface area (Å²) in [4.78, 5) is 20.0. The Bertz CT molecular complexity index is 1330. The van der Waals surface area contributed by atoms with Crippen molar-refractivity contribution in [2.24, 2.45) is 17.3 Å². The third-order valence-corrected chi connectivity index (χ3v) is 10.0. The molecular formula is C31H39N3O4S. The average Bonchev–Trinajstić information content (AvgIpc) is 3.05. The Morgan fingerprint density at radius 3 is 2.77 bits per heavy atom. The van der Waals surface area contributed by atoms with Crippen molar-refractivity contribution in [2.45, 2.75) is 51.4 Å². The van der Waals surface area contributed by atoms with Gasteiger partial charge in [0.15, 0.2) is 11.6 Å². The molecule has 1 aromatic heterocycles. The van der Waals surface area contributed by atoms with Gasteiger partial charge in [-0.3, -0.25) is 4.79 Å². The molecule has 8 heteroatoms. The summed E-state index contributed by atoms with van der Waals surface area (Å²) < 4.78 is 33.8. The first-order chi connectivity index (χ1) is 18.8. The van der Waals surface area contributed by atoms with E-state index < -0.39 is 15.9 Å². The second-order valence-corrected chi connectivity index (χ2v) is 13.1. The van der Waals surface area contributed by atoms with Crippen LogP contribution in [0.25, 0.3) is 0 Å². The standard InChI is InChI=1S/C31H39N3O4S/c1-3-5-13-26-23(4-2)12-10-18-31(26)21-34-20-25-15-14-24(25)11-8-6-7-9-19-39(36,37)33-30(35)27-16-17-28(38-22-31)29(34)32-27/h3-6,8,13,16-17,24-25H,1-2,7,9-12,14-15,18-22H2,(H,33,35)/b8-6+,13-5-/t24-,25+,31+/m1/s1. The van der Waals surface area contributed by atoms with Gasteiger partial charge in [-0.15, -0.1) is 0 Å². The molecule has 3 atom stereocenters. The first-order valence-corrected chi connectivity index (χ1v) is 15.7. The number of fused-ring (bicyclic) bond motifs is 2. The molecule has 39 heavy (non-hydrogen) atoms. The van der Waals surface area contributed by atoms with Crippen molar-refractivity contribution in [2.75, 3.05) is 30.3 Å². The molecule has 3 heterocycles. The van der Waals surface area contributed by atoms with Gasteiger partial charge in [-0.05, 0) is 86.5 Å².